The third-order valence-electron chi connectivity index (χ3n) is 4.03. The van der Waals surface area contributed by atoms with Crippen LogP contribution in [0.4, 0.5) is 0 Å². The molecule has 0 radical (unpaired) electrons. The highest BCUT2D eigenvalue weighted by atomic mass is 16.5. The summed E-state index contributed by atoms with van der Waals surface area (Å²) in [4.78, 5) is 11.9. The summed E-state index contributed by atoms with van der Waals surface area (Å²) in [5, 5.41) is 10.9. The van der Waals surface area contributed by atoms with Crippen LogP contribution < -0.4 is 14.8 Å². The number of benzene rings is 2. The van der Waals surface area contributed by atoms with Crippen LogP contribution in [-0.2, 0) is 11.2 Å². The van der Waals surface area contributed by atoms with Gasteiger partial charge in [-0.1, -0.05) is 30.3 Å². The molecule has 0 aliphatic rings. The molecular formula is C21H23N3O4. The van der Waals surface area contributed by atoms with E-state index in [0.29, 0.717) is 49.9 Å². The van der Waals surface area contributed by atoms with Gasteiger partial charge in [0.15, 0.2) is 0 Å². The number of hydrogen-bond donors (Lipinski definition) is 1. The number of para-hydroxylation sites is 2. The lowest BCUT2D eigenvalue weighted by Crippen LogP contribution is -2.25. The van der Waals surface area contributed by atoms with Crippen molar-refractivity contribution in [2.45, 2.75) is 19.3 Å². The molecule has 1 aromatic heterocycles. The zero-order valence-corrected chi connectivity index (χ0v) is 15.8. The Morgan fingerprint density at radius 1 is 1.07 bits per heavy atom. The molecule has 0 spiro atoms. The summed E-state index contributed by atoms with van der Waals surface area (Å²) in [7, 11) is 1.59. The summed E-state index contributed by atoms with van der Waals surface area (Å²) in [6, 6.07) is 17.0. The molecule has 0 fully saturated rings. The van der Waals surface area contributed by atoms with E-state index in [2.05, 4.69) is 15.5 Å². The largest absolute Gasteiger partial charge is 0.496 e. The summed E-state index contributed by atoms with van der Waals surface area (Å²) in [5.74, 6) is 2.32. The maximum Gasteiger partial charge on any atom is 0.251 e. The number of carbonyl (C=O) groups excluding carboxylic acids is 1. The lowest BCUT2D eigenvalue weighted by molar-refractivity contribution is -0.121. The first kappa shape index (κ1) is 19.4. The number of ether oxygens (including phenoxy) is 2. The van der Waals surface area contributed by atoms with Crippen molar-refractivity contribution in [3.63, 3.8) is 0 Å². The Morgan fingerprint density at radius 2 is 1.86 bits per heavy atom. The average molecular weight is 381 g/mol. The number of aromatic nitrogens is 2. The number of rotatable bonds is 10. The fourth-order valence-electron chi connectivity index (χ4n) is 2.62. The van der Waals surface area contributed by atoms with Crippen molar-refractivity contribution in [1.82, 2.24) is 15.5 Å². The SMILES string of the molecule is COc1ccccc1-c1nnc(CCNC(=O)CCCOc2ccccc2)o1. The van der Waals surface area contributed by atoms with E-state index in [4.69, 9.17) is 13.9 Å². The van der Waals surface area contributed by atoms with Crippen LogP contribution in [0.1, 0.15) is 18.7 Å². The highest BCUT2D eigenvalue weighted by molar-refractivity contribution is 5.75. The average Bonchev–Trinajstić information content (AvgIpc) is 3.20. The molecule has 146 valence electrons. The summed E-state index contributed by atoms with van der Waals surface area (Å²) in [6.07, 6.45) is 1.52. The van der Waals surface area contributed by atoms with Gasteiger partial charge in [0.05, 0.1) is 19.3 Å². The monoisotopic (exact) mass is 381 g/mol. The molecule has 0 unspecified atom stereocenters. The predicted molar refractivity (Wildman–Crippen MR) is 104 cm³/mol. The van der Waals surface area contributed by atoms with Crippen LogP contribution in [0.2, 0.25) is 0 Å². The maximum atomic E-state index is 11.9. The Labute approximate surface area is 163 Å². The number of nitrogens with one attached hydrogen (secondary N) is 1. The molecule has 7 nitrogen and oxygen atoms in total. The van der Waals surface area contributed by atoms with Crippen molar-refractivity contribution < 1.29 is 18.7 Å². The second kappa shape index (κ2) is 10.1. The molecule has 0 bridgehead atoms. The Balaban J connectivity index is 1.37. The van der Waals surface area contributed by atoms with Gasteiger partial charge >= 0.3 is 0 Å². The van der Waals surface area contributed by atoms with Gasteiger partial charge in [-0.05, 0) is 30.7 Å². The normalized spacial score (nSPS) is 10.5. The van der Waals surface area contributed by atoms with Crippen molar-refractivity contribution >= 4 is 5.91 Å². The molecule has 7 heteroatoms. The molecule has 2 aromatic carbocycles. The molecule has 0 saturated heterocycles. The molecule has 1 N–H and O–H groups in total. The molecule has 3 aromatic rings. The Morgan fingerprint density at radius 3 is 2.68 bits per heavy atom. The zero-order chi connectivity index (χ0) is 19.6. The predicted octanol–water partition coefficient (Wildman–Crippen LogP) is 3.26. The van der Waals surface area contributed by atoms with Crippen molar-refractivity contribution in [3.8, 4) is 23.0 Å². The van der Waals surface area contributed by atoms with Crippen LogP contribution in [0.15, 0.2) is 59.0 Å². The number of carbonyl (C=O) groups is 1. The van der Waals surface area contributed by atoms with E-state index in [-0.39, 0.29) is 5.91 Å². The molecule has 3 rings (SSSR count). The van der Waals surface area contributed by atoms with Crippen LogP contribution in [0.5, 0.6) is 11.5 Å². The van der Waals surface area contributed by atoms with E-state index >= 15 is 0 Å². The van der Waals surface area contributed by atoms with Crippen molar-refractivity contribution in [2.24, 2.45) is 0 Å². The van der Waals surface area contributed by atoms with Crippen LogP contribution in [0.3, 0.4) is 0 Å². The van der Waals surface area contributed by atoms with Crippen LogP contribution in [-0.4, -0.2) is 36.4 Å². The molecule has 0 aliphatic carbocycles. The third-order valence-corrected chi connectivity index (χ3v) is 4.03. The van der Waals surface area contributed by atoms with Gasteiger partial charge < -0.3 is 19.2 Å². The van der Waals surface area contributed by atoms with E-state index in [0.717, 1.165) is 11.3 Å². The molecule has 0 atom stereocenters. The first-order chi connectivity index (χ1) is 13.8. The van der Waals surface area contributed by atoms with E-state index in [1.165, 1.54) is 0 Å². The minimum atomic E-state index is -0.0267. The smallest absolute Gasteiger partial charge is 0.251 e. The molecule has 0 saturated carbocycles. The minimum Gasteiger partial charge on any atom is -0.496 e. The highest BCUT2D eigenvalue weighted by Crippen LogP contribution is 2.28. The fraction of sp³-hybridized carbons (Fsp3) is 0.286. The van der Waals surface area contributed by atoms with E-state index in [1.54, 1.807) is 7.11 Å². The third kappa shape index (κ3) is 5.57. The summed E-state index contributed by atoms with van der Waals surface area (Å²) < 4.78 is 16.5. The molecule has 1 amide bonds. The van der Waals surface area contributed by atoms with E-state index in [1.807, 2.05) is 54.6 Å². The molecule has 28 heavy (non-hydrogen) atoms. The first-order valence-electron chi connectivity index (χ1n) is 9.16. The van der Waals surface area contributed by atoms with Crippen LogP contribution in [0.25, 0.3) is 11.5 Å². The van der Waals surface area contributed by atoms with Gasteiger partial charge in [0.25, 0.3) is 5.89 Å². The Kier molecular flexibility index (Phi) is 7.01. The van der Waals surface area contributed by atoms with Crippen LogP contribution >= 0.6 is 0 Å². The number of methoxy groups -OCH3 is 1. The van der Waals surface area contributed by atoms with Gasteiger partial charge in [-0.25, -0.2) is 0 Å². The van der Waals surface area contributed by atoms with Gasteiger partial charge in [0.1, 0.15) is 11.5 Å². The van der Waals surface area contributed by atoms with Gasteiger partial charge in [-0.2, -0.15) is 0 Å². The van der Waals surface area contributed by atoms with E-state index < -0.39 is 0 Å². The van der Waals surface area contributed by atoms with Gasteiger partial charge in [0.2, 0.25) is 11.8 Å². The standard InChI is InChI=1S/C21H23N3O4/c1-26-18-11-6-5-10-17(18)21-24-23-20(28-21)13-14-22-19(25)12-7-15-27-16-8-3-2-4-9-16/h2-6,8-11H,7,12-15H2,1H3,(H,22,25). The quantitative estimate of drug-likeness (QED) is 0.543. The van der Waals surface area contributed by atoms with Gasteiger partial charge in [-0.3, -0.25) is 4.79 Å². The number of amides is 1. The van der Waals surface area contributed by atoms with Crippen molar-refractivity contribution in [3.05, 3.63) is 60.5 Å². The summed E-state index contributed by atoms with van der Waals surface area (Å²) in [6.45, 7) is 0.940. The molecule has 1 heterocycles. The van der Waals surface area contributed by atoms with Gasteiger partial charge in [-0.15, -0.1) is 10.2 Å². The summed E-state index contributed by atoms with van der Waals surface area (Å²) in [5.41, 5.74) is 0.742. The highest BCUT2D eigenvalue weighted by Gasteiger charge is 2.13. The Bertz CT molecular complexity index is 880. The van der Waals surface area contributed by atoms with Crippen LogP contribution in [0, 0.1) is 0 Å². The fourth-order valence-corrected chi connectivity index (χ4v) is 2.62. The summed E-state index contributed by atoms with van der Waals surface area (Å²) >= 11 is 0. The zero-order valence-electron chi connectivity index (χ0n) is 15.8. The number of hydrogen-bond acceptors (Lipinski definition) is 6. The first-order valence-corrected chi connectivity index (χ1v) is 9.16. The number of nitrogens with zero attached hydrogens (tertiary/aromatic N) is 2. The van der Waals surface area contributed by atoms with E-state index in [9.17, 15) is 4.79 Å². The van der Waals surface area contributed by atoms with Crippen molar-refractivity contribution in [1.29, 1.82) is 0 Å². The second-order valence-corrected chi connectivity index (χ2v) is 6.07. The molecular weight excluding hydrogens is 358 g/mol. The minimum absolute atomic E-state index is 0.0267. The van der Waals surface area contributed by atoms with Crippen molar-refractivity contribution in [2.75, 3.05) is 20.3 Å². The maximum absolute atomic E-state index is 11.9. The topological polar surface area (TPSA) is 86.5 Å². The lowest BCUT2D eigenvalue weighted by Gasteiger charge is -2.06. The second-order valence-electron chi connectivity index (χ2n) is 6.07. The lowest BCUT2D eigenvalue weighted by atomic mass is 10.2. The molecule has 0 aliphatic heterocycles. The Hall–Kier alpha value is -3.35. The van der Waals surface area contributed by atoms with Gasteiger partial charge in [0, 0.05) is 19.4 Å².